The van der Waals surface area contributed by atoms with Gasteiger partial charge in [-0.15, -0.1) is 0 Å². The monoisotopic (exact) mass is 700 g/mol. The highest BCUT2D eigenvalue weighted by atomic mass is 15.0. The van der Waals surface area contributed by atoms with Crippen LogP contribution in [0.25, 0.3) is 105 Å². The summed E-state index contributed by atoms with van der Waals surface area (Å²) in [6.45, 7) is 0. The average Bonchev–Trinajstić information content (AvgIpc) is 3.61. The molecule has 0 aliphatic heterocycles. The molecule has 0 amide bonds. The summed E-state index contributed by atoms with van der Waals surface area (Å²) in [6.07, 6.45) is 0. The first-order valence-corrected chi connectivity index (χ1v) is 18.6. The number of nitrogens with zero attached hydrogens (tertiary/aromatic N) is 4. The van der Waals surface area contributed by atoms with Crippen molar-refractivity contribution in [3.63, 3.8) is 0 Å². The Hall–Kier alpha value is -7.43. The van der Waals surface area contributed by atoms with Gasteiger partial charge < -0.3 is 4.57 Å². The lowest BCUT2D eigenvalue weighted by atomic mass is 9.95. The molecule has 2 heterocycles. The lowest BCUT2D eigenvalue weighted by Crippen LogP contribution is -2.01. The van der Waals surface area contributed by atoms with E-state index in [1.54, 1.807) is 0 Å². The summed E-state index contributed by atoms with van der Waals surface area (Å²) in [5.41, 5.74) is 8.58. The molecule has 0 fully saturated rings. The van der Waals surface area contributed by atoms with Crippen LogP contribution in [0.1, 0.15) is 0 Å². The van der Waals surface area contributed by atoms with E-state index >= 15 is 0 Å². The Morgan fingerprint density at radius 1 is 0.291 bits per heavy atom. The summed E-state index contributed by atoms with van der Waals surface area (Å²) in [5.74, 6) is 1.93. The fourth-order valence-corrected chi connectivity index (χ4v) is 8.16. The second kappa shape index (κ2) is 12.6. The third-order valence-corrected chi connectivity index (χ3v) is 10.8. The number of rotatable bonds is 5. The van der Waals surface area contributed by atoms with Crippen LogP contribution in [-0.2, 0) is 0 Å². The molecule has 9 aromatic carbocycles. The molecular formula is C51H32N4. The molecule has 0 saturated carbocycles. The largest absolute Gasteiger partial charge is 0.309 e. The van der Waals surface area contributed by atoms with Gasteiger partial charge in [0.2, 0.25) is 0 Å². The van der Waals surface area contributed by atoms with Crippen LogP contribution < -0.4 is 0 Å². The van der Waals surface area contributed by atoms with Crippen molar-refractivity contribution < 1.29 is 0 Å². The molecular weight excluding hydrogens is 669 g/mol. The maximum absolute atomic E-state index is 5.03. The van der Waals surface area contributed by atoms with Gasteiger partial charge in [0.15, 0.2) is 17.5 Å². The zero-order chi connectivity index (χ0) is 36.3. The molecule has 11 aromatic rings. The van der Waals surface area contributed by atoms with Crippen molar-refractivity contribution in [1.29, 1.82) is 0 Å². The highest BCUT2D eigenvalue weighted by molar-refractivity contribution is 6.22. The molecule has 0 N–H and O–H groups in total. The van der Waals surface area contributed by atoms with Crippen molar-refractivity contribution in [3.8, 4) is 51.0 Å². The first-order valence-electron chi connectivity index (χ1n) is 18.6. The zero-order valence-electron chi connectivity index (χ0n) is 29.8. The summed E-state index contributed by atoms with van der Waals surface area (Å²) in [6, 6.07) is 68.8. The summed E-state index contributed by atoms with van der Waals surface area (Å²) in [7, 11) is 0. The highest BCUT2D eigenvalue weighted by Gasteiger charge is 2.18. The lowest BCUT2D eigenvalue weighted by Gasteiger charge is -2.12. The molecule has 256 valence electrons. The van der Waals surface area contributed by atoms with Crippen LogP contribution in [0.3, 0.4) is 0 Å². The standard InChI is InChI=1S/C51H32N4/c1-3-13-35(14-4-1)49-52-50(36-15-5-2-6-16-36)54-51(53-49)40-17-11-18-41(31-40)55-46-21-10-9-20-44(46)48-45-32-38(24-22-34(45)27-29-47(48)55)37-26-28-43-39(30-37)25-23-33-12-7-8-19-42(33)43/h1-32H. The minimum atomic E-state index is 0.633. The van der Waals surface area contributed by atoms with E-state index in [9.17, 15) is 0 Å². The van der Waals surface area contributed by atoms with Crippen LogP contribution in [-0.4, -0.2) is 19.5 Å². The predicted octanol–water partition coefficient (Wildman–Crippen LogP) is 13.1. The molecule has 0 radical (unpaired) electrons. The zero-order valence-corrected chi connectivity index (χ0v) is 29.8. The Morgan fingerprint density at radius 2 is 0.836 bits per heavy atom. The summed E-state index contributed by atoms with van der Waals surface area (Å²) < 4.78 is 2.37. The minimum absolute atomic E-state index is 0.633. The number of fused-ring (bicyclic) bond motifs is 8. The number of para-hydroxylation sites is 1. The van der Waals surface area contributed by atoms with Crippen molar-refractivity contribution in [2.75, 3.05) is 0 Å². The maximum atomic E-state index is 5.03. The minimum Gasteiger partial charge on any atom is -0.309 e. The number of hydrogen-bond acceptors (Lipinski definition) is 3. The van der Waals surface area contributed by atoms with Crippen LogP contribution in [0, 0.1) is 0 Å². The number of aromatic nitrogens is 4. The second-order valence-corrected chi connectivity index (χ2v) is 14.1. The van der Waals surface area contributed by atoms with E-state index in [2.05, 4.69) is 138 Å². The third-order valence-electron chi connectivity index (χ3n) is 10.8. The first-order chi connectivity index (χ1) is 27.2. The van der Waals surface area contributed by atoms with Gasteiger partial charge in [-0.25, -0.2) is 15.0 Å². The van der Waals surface area contributed by atoms with E-state index < -0.39 is 0 Å². The van der Waals surface area contributed by atoms with E-state index in [1.165, 1.54) is 54.2 Å². The van der Waals surface area contributed by atoms with Gasteiger partial charge in [-0.1, -0.05) is 158 Å². The van der Waals surface area contributed by atoms with Gasteiger partial charge in [-0.05, 0) is 79.8 Å². The molecule has 4 nitrogen and oxygen atoms in total. The Labute approximate surface area is 317 Å². The van der Waals surface area contributed by atoms with E-state index in [4.69, 9.17) is 15.0 Å². The van der Waals surface area contributed by atoms with Crippen LogP contribution >= 0.6 is 0 Å². The van der Waals surface area contributed by atoms with Crippen LogP contribution in [0.5, 0.6) is 0 Å². The molecule has 0 atom stereocenters. The topological polar surface area (TPSA) is 43.6 Å². The smallest absolute Gasteiger partial charge is 0.164 e. The molecule has 0 aliphatic rings. The van der Waals surface area contributed by atoms with Gasteiger partial charge in [0.1, 0.15) is 0 Å². The quantitative estimate of drug-likeness (QED) is 0.168. The molecule has 4 heteroatoms. The molecule has 0 unspecified atom stereocenters. The third kappa shape index (κ3) is 5.26. The van der Waals surface area contributed by atoms with Gasteiger partial charge in [0, 0.05) is 33.2 Å². The molecule has 0 bridgehead atoms. The summed E-state index contributed by atoms with van der Waals surface area (Å²) in [4.78, 5) is 15.0. The normalized spacial score (nSPS) is 11.6. The van der Waals surface area contributed by atoms with E-state index in [0.29, 0.717) is 17.5 Å². The van der Waals surface area contributed by atoms with Gasteiger partial charge in [0.05, 0.1) is 11.0 Å². The number of hydrogen-bond donors (Lipinski definition) is 0. The highest BCUT2D eigenvalue weighted by Crippen LogP contribution is 2.39. The van der Waals surface area contributed by atoms with Crippen molar-refractivity contribution in [2.24, 2.45) is 0 Å². The second-order valence-electron chi connectivity index (χ2n) is 14.1. The maximum Gasteiger partial charge on any atom is 0.164 e. The molecule has 2 aromatic heterocycles. The molecule has 0 aliphatic carbocycles. The van der Waals surface area contributed by atoms with Gasteiger partial charge in [-0.3, -0.25) is 0 Å². The van der Waals surface area contributed by atoms with Gasteiger partial charge >= 0.3 is 0 Å². The van der Waals surface area contributed by atoms with Crippen molar-refractivity contribution >= 4 is 54.1 Å². The Kier molecular flexibility index (Phi) is 7.14. The van der Waals surface area contributed by atoms with E-state index in [-0.39, 0.29) is 0 Å². The van der Waals surface area contributed by atoms with E-state index in [0.717, 1.165) is 33.4 Å². The molecule has 11 rings (SSSR count). The Balaban J connectivity index is 1.08. The fourth-order valence-electron chi connectivity index (χ4n) is 8.16. The Morgan fingerprint density at radius 3 is 1.62 bits per heavy atom. The van der Waals surface area contributed by atoms with Gasteiger partial charge in [-0.2, -0.15) is 0 Å². The molecule has 0 spiro atoms. The van der Waals surface area contributed by atoms with Crippen molar-refractivity contribution in [1.82, 2.24) is 19.5 Å². The molecule has 55 heavy (non-hydrogen) atoms. The van der Waals surface area contributed by atoms with Crippen molar-refractivity contribution in [3.05, 3.63) is 194 Å². The van der Waals surface area contributed by atoms with Crippen LogP contribution in [0.4, 0.5) is 0 Å². The summed E-state index contributed by atoms with van der Waals surface area (Å²) >= 11 is 0. The van der Waals surface area contributed by atoms with Crippen LogP contribution in [0.2, 0.25) is 0 Å². The average molecular weight is 701 g/mol. The van der Waals surface area contributed by atoms with Crippen LogP contribution in [0.15, 0.2) is 194 Å². The molecule has 0 saturated heterocycles. The lowest BCUT2D eigenvalue weighted by molar-refractivity contribution is 1.07. The number of benzene rings is 9. The SMILES string of the molecule is c1ccc(-c2nc(-c3ccccc3)nc(-c3cccc(-n4c5ccccc5c5c6cc(-c7ccc8c(ccc9ccccc98)c7)ccc6ccc54)c3)n2)cc1. The first kappa shape index (κ1) is 31.1. The Bertz CT molecular complexity index is 3200. The van der Waals surface area contributed by atoms with E-state index in [1.807, 2.05) is 60.7 Å². The van der Waals surface area contributed by atoms with Crippen molar-refractivity contribution in [2.45, 2.75) is 0 Å². The fraction of sp³-hybridized carbons (Fsp3) is 0. The predicted molar refractivity (Wildman–Crippen MR) is 228 cm³/mol. The van der Waals surface area contributed by atoms with Gasteiger partial charge in [0.25, 0.3) is 0 Å². The summed E-state index contributed by atoms with van der Waals surface area (Å²) in [5, 5.41) is 9.98.